The van der Waals surface area contributed by atoms with Gasteiger partial charge in [0.15, 0.2) is 11.5 Å². The predicted octanol–water partition coefficient (Wildman–Crippen LogP) is 9.88. The highest BCUT2D eigenvalue weighted by Gasteiger charge is 2.15. The smallest absolute Gasteiger partial charge is 0.177 e. The number of benzene rings is 7. The summed E-state index contributed by atoms with van der Waals surface area (Å²) >= 11 is 0. The molecule has 0 unspecified atom stereocenters. The minimum Gasteiger partial charge on any atom is -0.453 e. The largest absolute Gasteiger partial charge is 0.453 e. The van der Waals surface area contributed by atoms with Crippen molar-refractivity contribution in [2.24, 2.45) is 0 Å². The second-order valence-electron chi connectivity index (χ2n) is 9.00. The highest BCUT2D eigenvalue weighted by atomic mass is 16.5. The molecule has 0 aliphatic rings. The Labute approximate surface area is 208 Å². The molecule has 0 amide bonds. The van der Waals surface area contributed by atoms with Crippen molar-refractivity contribution in [3.8, 4) is 23.0 Å². The molecule has 2 heteroatoms. The zero-order valence-corrected chi connectivity index (χ0v) is 19.5. The quantitative estimate of drug-likeness (QED) is 0.242. The summed E-state index contributed by atoms with van der Waals surface area (Å²) < 4.78 is 13.2. The van der Waals surface area contributed by atoms with Crippen LogP contribution in [0.4, 0.5) is 0 Å². The van der Waals surface area contributed by atoms with Crippen LogP contribution in [0.15, 0.2) is 133 Å². The van der Waals surface area contributed by atoms with Gasteiger partial charge >= 0.3 is 0 Å². The summed E-state index contributed by atoms with van der Waals surface area (Å²) in [4.78, 5) is 0. The highest BCUT2D eigenvalue weighted by molar-refractivity contribution is 6.02. The van der Waals surface area contributed by atoms with Crippen molar-refractivity contribution in [1.82, 2.24) is 0 Å². The number of fused-ring (bicyclic) bond motifs is 4. The maximum Gasteiger partial charge on any atom is 0.177 e. The lowest BCUT2D eigenvalue weighted by Gasteiger charge is -2.17. The van der Waals surface area contributed by atoms with E-state index < -0.39 is 0 Å². The summed E-state index contributed by atoms with van der Waals surface area (Å²) in [7, 11) is 0. The van der Waals surface area contributed by atoms with Gasteiger partial charge in [0.1, 0.15) is 11.5 Å². The van der Waals surface area contributed by atoms with E-state index in [1.807, 2.05) is 42.5 Å². The van der Waals surface area contributed by atoms with Crippen molar-refractivity contribution < 1.29 is 9.47 Å². The monoisotopic (exact) mass is 462 g/mol. The summed E-state index contributed by atoms with van der Waals surface area (Å²) in [5, 5.41) is 9.00. The van der Waals surface area contributed by atoms with Gasteiger partial charge in [-0.05, 0) is 68.7 Å². The summed E-state index contributed by atoms with van der Waals surface area (Å²) in [6, 6.07) is 45.8. The van der Waals surface area contributed by atoms with E-state index in [9.17, 15) is 0 Å². The molecule has 0 radical (unpaired) electrons. The van der Waals surface area contributed by atoms with E-state index in [-0.39, 0.29) is 0 Å². The number of hydrogen-bond donors (Lipinski definition) is 0. The first-order chi connectivity index (χ1) is 17.8. The van der Waals surface area contributed by atoms with Gasteiger partial charge < -0.3 is 9.47 Å². The average Bonchev–Trinajstić information content (AvgIpc) is 2.93. The molecule has 0 saturated carbocycles. The van der Waals surface area contributed by atoms with E-state index in [0.717, 1.165) is 43.8 Å². The Morgan fingerprint density at radius 3 is 1.81 bits per heavy atom. The van der Waals surface area contributed by atoms with Crippen LogP contribution < -0.4 is 9.47 Å². The fourth-order valence-corrected chi connectivity index (χ4v) is 4.90. The van der Waals surface area contributed by atoms with Gasteiger partial charge in [0.2, 0.25) is 0 Å². The molecule has 0 saturated heterocycles. The second kappa shape index (κ2) is 8.44. The second-order valence-corrected chi connectivity index (χ2v) is 9.00. The van der Waals surface area contributed by atoms with Gasteiger partial charge in [-0.15, -0.1) is 0 Å². The zero-order chi connectivity index (χ0) is 23.9. The maximum absolute atomic E-state index is 6.64. The summed E-state index contributed by atoms with van der Waals surface area (Å²) in [5.74, 6) is 2.97. The third-order valence-corrected chi connectivity index (χ3v) is 6.71. The lowest BCUT2D eigenvalue weighted by Crippen LogP contribution is -1.93. The minimum absolute atomic E-state index is 0.683. The normalized spacial score (nSPS) is 11.3. The van der Waals surface area contributed by atoms with E-state index in [2.05, 4.69) is 91.0 Å². The van der Waals surface area contributed by atoms with Gasteiger partial charge in [-0.2, -0.15) is 0 Å². The molecule has 0 aromatic heterocycles. The van der Waals surface area contributed by atoms with Crippen LogP contribution in [0.3, 0.4) is 0 Å². The molecule has 7 aromatic carbocycles. The molecule has 36 heavy (non-hydrogen) atoms. The Kier molecular flexibility index (Phi) is 4.82. The molecule has 0 heterocycles. The van der Waals surface area contributed by atoms with Crippen LogP contribution in [-0.4, -0.2) is 0 Å². The summed E-state index contributed by atoms with van der Waals surface area (Å²) in [5.41, 5.74) is 0. The molecule has 0 spiro atoms. The third kappa shape index (κ3) is 3.60. The fraction of sp³-hybridized carbons (Fsp3) is 0. The summed E-state index contributed by atoms with van der Waals surface area (Å²) in [6.45, 7) is 0. The average molecular weight is 463 g/mol. The lowest BCUT2D eigenvalue weighted by molar-refractivity contribution is 0.426. The number of ether oxygens (including phenoxy) is 2. The van der Waals surface area contributed by atoms with Crippen LogP contribution in [-0.2, 0) is 0 Å². The first-order valence-electron chi connectivity index (χ1n) is 12.1. The molecular formula is C34H22O2. The van der Waals surface area contributed by atoms with Gasteiger partial charge in [-0.1, -0.05) is 97.1 Å². The van der Waals surface area contributed by atoms with E-state index in [1.165, 1.54) is 10.8 Å². The topological polar surface area (TPSA) is 18.5 Å². The fourth-order valence-electron chi connectivity index (χ4n) is 4.90. The summed E-state index contributed by atoms with van der Waals surface area (Å²) in [6.07, 6.45) is 0. The van der Waals surface area contributed by atoms with Crippen LogP contribution >= 0.6 is 0 Å². The first-order valence-corrected chi connectivity index (χ1v) is 12.1. The van der Waals surface area contributed by atoms with E-state index >= 15 is 0 Å². The number of hydrogen-bond acceptors (Lipinski definition) is 2. The maximum atomic E-state index is 6.64. The van der Waals surface area contributed by atoms with Crippen LogP contribution in [0.25, 0.3) is 43.1 Å². The molecule has 7 aromatic rings. The van der Waals surface area contributed by atoms with Crippen LogP contribution in [0.2, 0.25) is 0 Å². The Morgan fingerprint density at radius 1 is 0.333 bits per heavy atom. The van der Waals surface area contributed by atoms with Crippen molar-refractivity contribution in [3.05, 3.63) is 133 Å². The van der Waals surface area contributed by atoms with Crippen molar-refractivity contribution >= 4 is 43.1 Å². The SMILES string of the molecule is c1ccc2cc(Oc3c(Oc4cccc5ccccc45)ccc4cc5ccccc5cc34)ccc2c1. The van der Waals surface area contributed by atoms with Gasteiger partial charge in [-0.3, -0.25) is 0 Å². The zero-order valence-electron chi connectivity index (χ0n) is 19.5. The van der Waals surface area contributed by atoms with Gasteiger partial charge in [0.05, 0.1) is 0 Å². The van der Waals surface area contributed by atoms with E-state index in [4.69, 9.17) is 9.47 Å². The van der Waals surface area contributed by atoms with Crippen molar-refractivity contribution in [3.63, 3.8) is 0 Å². The first kappa shape index (κ1) is 20.5. The van der Waals surface area contributed by atoms with Crippen LogP contribution in [0.1, 0.15) is 0 Å². The molecule has 0 N–H and O–H groups in total. The van der Waals surface area contributed by atoms with Crippen molar-refractivity contribution in [2.75, 3.05) is 0 Å². The Balaban J connectivity index is 1.42. The minimum atomic E-state index is 0.683. The van der Waals surface area contributed by atoms with Gasteiger partial charge in [0.25, 0.3) is 0 Å². The van der Waals surface area contributed by atoms with E-state index in [0.29, 0.717) is 11.5 Å². The van der Waals surface area contributed by atoms with Gasteiger partial charge in [-0.25, -0.2) is 0 Å². The van der Waals surface area contributed by atoms with Crippen LogP contribution in [0.5, 0.6) is 23.0 Å². The molecule has 0 aliphatic heterocycles. The standard InChI is InChI=1S/C34H22O2/c1-2-11-26-21-29(18-16-23(26)8-1)35-34-31-22-27-12-4-3-10-25(27)20-28(31)17-19-33(34)36-32-15-7-13-24-9-5-6-14-30(24)32/h1-22H. The van der Waals surface area contributed by atoms with E-state index in [1.54, 1.807) is 0 Å². The molecule has 0 atom stereocenters. The Morgan fingerprint density at radius 2 is 0.972 bits per heavy atom. The van der Waals surface area contributed by atoms with Crippen LogP contribution in [0, 0.1) is 0 Å². The predicted molar refractivity (Wildman–Crippen MR) is 149 cm³/mol. The molecule has 0 fully saturated rings. The molecule has 0 bridgehead atoms. The highest BCUT2D eigenvalue weighted by Crippen LogP contribution is 2.43. The molecular weight excluding hydrogens is 440 g/mol. The van der Waals surface area contributed by atoms with Crippen molar-refractivity contribution in [1.29, 1.82) is 0 Å². The third-order valence-electron chi connectivity index (χ3n) is 6.71. The van der Waals surface area contributed by atoms with Crippen molar-refractivity contribution in [2.45, 2.75) is 0 Å². The molecule has 0 aliphatic carbocycles. The Hall–Kier alpha value is -4.82. The molecule has 2 nitrogen and oxygen atoms in total. The number of rotatable bonds is 4. The molecule has 170 valence electrons. The molecule has 7 rings (SSSR count). The Bertz CT molecular complexity index is 1900. The lowest BCUT2D eigenvalue weighted by atomic mass is 10.0. The van der Waals surface area contributed by atoms with Gasteiger partial charge in [0, 0.05) is 10.8 Å².